The van der Waals surface area contributed by atoms with Crippen molar-refractivity contribution in [2.24, 2.45) is 0 Å². The number of carbonyl (C=O) groups excluding carboxylic acids is 1. The molecule has 2 heterocycles. The van der Waals surface area contributed by atoms with Gasteiger partial charge in [-0.2, -0.15) is 13.2 Å². The van der Waals surface area contributed by atoms with Gasteiger partial charge < -0.3 is 19.3 Å². The summed E-state index contributed by atoms with van der Waals surface area (Å²) in [6.07, 6.45) is -3.93. The molecule has 0 saturated carbocycles. The third-order valence-corrected chi connectivity index (χ3v) is 5.86. The molecule has 0 fully saturated rings. The molecule has 1 N–H and O–H groups in total. The number of para-hydroxylation sites is 2. The van der Waals surface area contributed by atoms with E-state index in [9.17, 15) is 27.9 Å². The predicted octanol–water partition coefficient (Wildman–Crippen LogP) is 4.66. The molecule has 0 radical (unpaired) electrons. The lowest BCUT2D eigenvalue weighted by Crippen LogP contribution is -2.35. The first-order valence-corrected chi connectivity index (χ1v) is 11.3. The van der Waals surface area contributed by atoms with Gasteiger partial charge >= 0.3 is 12.1 Å². The number of fused-ring (bicyclic) bond motifs is 2. The second kappa shape index (κ2) is 9.24. The van der Waals surface area contributed by atoms with Crippen LogP contribution >= 0.6 is 0 Å². The minimum Gasteiger partial charge on any atom is -0.487 e. The summed E-state index contributed by atoms with van der Waals surface area (Å²) in [5, 5.41) is 9.30. The van der Waals surface area contributed by atoms with E-state index in [1.165, 1.54) is 11.0 Å². The van der Waals surface area contributed by atoms with Crippen LogP contribution in [0, 0.1) is 0 Å². The van der Waals surface area contributed by atoms with Crippen molar-refractivity contribution in [3.8, 4) is 5.75 Å². The third-order valence-electron chi connectivity index (χ3n) is 5.86. The molecule has 1 aliphatic rings. The third kappa shape index (κ3) is 5.58. The molecule has 3 aromatic rings. The number of ether oxygens (including phenoxy) is 1. The van der Waals surface area contributed by atoms with Crippen molar-refractivity contribution in [3.63, 3.8) is 0 Å². The number of aromatic nitrogens is 2. The number of aliphatic carboxylic acids is 1. The lowest BCUT2D eigenvalue weighted by Gasteiger charge is -2.21. The van der Waals surface area contributed by atoms with E-state index in [0.717, 1.165) is 21.4 Å². The zero-order chi connectivity index (χ0) is 25.4. The fourth-order valence-corrected chi connectivity index (χ4v) is 4.44. The number of carboxylic acid groups (broad SMARTS) is 1. The Bertz CT molecular complexity index is 1270. The summed E-state index contributed by atoms with van der Waals surface area (Å²) < 4.78 is 47.4. The van der Waals surface area contributed by atoms with Gasteiger partial charge in [-0.15, -0.1) is 0 Å². The SMILES string of the molecule is CC1(C)Cc2cc(CN(CC(=O)O)C(=O)CCCn3c(C(F)(F)F)nc4ccccc43)ccc2O1. The Labute approximate surface area is 200 Å². The Morgan fingerprint density at radius 3 is 2.66 bits per heavy atom. The van der Waals surface area contributed by atoms with Crippen molar-refractivity contribution in [3.05, 3.63) is 59.4 Å². The van der Waals surface area contributed by atoms with E-state index in [1.54, 1.807) is 24.3 Å². The summed E-state index contributed by atoms with van der Waals surface area (Å²) >= 11 is 0. The van der Waals surface area contributed by atoms with Crippen molar-refractivity contribution >= 4 is 22.9 Å². The van der Waals surface area contributed by atoms with Crippen molar-refractivity contribution in [2.45, 2.75) is 58.0 Å². The summed E-state index contributed by atoms with van der Waals surface area (Å²) in [7, 11) is 0. The molecule has 35 heavy (non-hydrogen) atoms. The largest absolute Gasteiger partial charge is 0.487 e. The van der Waals surface area contributed by atoms with Gasteiger partial charge in [0.15, 0.2) is 0 Å². The molecule has 186 valence electrons. The van der Waals surface area contributed by atoms with Crippen molar-refractivity contribution in [1.29, 1.82) is 0 Å². The van der Waals surface area contributed by atoms with Crippen LogP contribution in [0.2, 0.25) is 0 Å². The average Bonchev–Trinajstić information content (AvgIpc) is 3.28. The monoisotopic (exact) mass is 489 g/mol. The first-order chi connectivity index (χ1) is 16.4. The molecule has 0 unspecified atom stereocenters. The van der Waals surface area contributed by atoms with Gasteiger partial charge in [-0.25, -0.2) is 4.98 Å². The molecular weight excluding hydrogens is 463 g/mol. The average molecular weight is 489 g/mol. The predicted molar refractivity (Wildman–Crippen MR) is 122 cm³/mol. The van der Waals surface area contributed by atoms with Crippen LogP contribution in [-0.2, 0) is 35.3 Å². The van der Waals surface area contributed by atoms with Gasteiger partial charge in [0, 0.05) is 25.9 Å². The lowest BCUT2D eigenvalue weighted by atomic mass is 10.00. The molecule has 1 aliphatic heterocycles. The number of hydrogen-bond acceptors (Lipinski definition) is 4. The van der Waals surface area contributed by atoms with E-state index in [4.69, 9.17) is 4.74 Å². The highest BCUT2D eigenvalue weighted by atomic mass is 19.4. The topological polar surface area (TPSA) is 84.7 Å². The molecule has 0 bridgehead atoms. The normalized spacial score (nSPS) is 14.5. The maximum Gasteiger partial charge on any atom is 0.449 e. The Morgan fingerprint density at radius 2 is 1.94 bits per heavy atom. The van der Waals surface area contributed by atoms with E-state index >= 15 is 0 Å². The highest BCUT2D eigenvalue weighted by molar-refractivity contribution is 5.81. The number of aryl methyl sites for hydroxylation is 1. The lowest BCUT2D eigenvalue weighted by molar-refractivity contribution is -0.147. The van der Waals surface area contributed by atoms with E-state index in [2.05, 4.69) is 4.98 Å². The first-order valence-electron chi connectivity index (χ1n) is 11.3. The zero-order valence-electron chi connectivity index (χ0n) is 19.4. The smallest absolute Gasteiger partial charge is 0.449 e. The maximum atomic E-state index is 13.5. The molecule has 1 aromatic heterocycles. The number of imidazole rings is 1. The van der Waals surface area contributed by atoms with E-state index in [1.807, 2.05) is 26.0 Å². The number of rotatable bonds is 8. The fourth-order valence-electron chi connectivity index (χ4n) is 4.44. The molecular formula is C25H26F3N3O4. The molecule has 0 spiro atoms. The van der Waals surface area contributed by atoms with Crippen LogP contribution in [0.5, 0.6) is 5.75 Å². The Hall–Kier alpha value is -3.56. The Morgan fingerprint density at radius 1 is 1.20 bits per heavy atom. The van der Waals surface area contributed by atoms with Crippen LogP contribution in [0.1, 0.15) is 43.6 Å². The van der Waals surface area contributed by atoms with Gasteiger partial charge in [-0.3, -0.25) is 9.59 Å². The standard InChI is InChI=1S/C25H26F3N3O4/c1-24(2)13-17-12-16(9-10-20(17)35-24)14-30(15-22(33)34)21(32)8-5-11-31-19-7-4-3-6-18(19)29-23(31)25(26,27)28/h3-4,6-7,9-10,12H,5,8,11,13-15H2,1-2H3,(H,33,34). The highest BCUT2D eigenvalue weighted by Crippen LogP contribution is 2.35. The second-order valence-corrected chi connectivity index (χ2v) is 9.30. The molecule has 2 aromatic carbocycles. The maximum absolute atomic E-state index is 13.5. The summed E-state index contributed by atoms with van der Waals surface area (Å²) in [5.74, 6) is -1.86. The van der Waals surface area contributed by atoms with Crippen LogP contribution < -0.4 is 4.74 Å². The molecule has 10 heteroatoms. The van der Waals surface area contributed by atoms with Crippen LogP contribution in [-0.4, -0.2) is 43.6 Å². The van der Waals surface area contributed by atoms with Crippen molar-refractivity contribution < 1.29 is 32.6 Å². The number of hydrogen-bond donors (Lipinski definition) is 1. The Kier molecular flexibility index (Phi) is 6.48. The van der Waals surface area contributed by atoms with Crippen LogP contribution in [0.3, 0.4) is 0 Å². The van der Waals surface area contributed by atoms with Gasteiger partial charge in [0.2, 0.25) is 11.7 Å². The molecule has 0 atom stereocenters. The van der Waals surface area contributed by atoms with Crippen LogP contribution in [0.15, 0.2) is 42.5 Å². The summed E-state index contributed by atoms with van der Waals surface area (Å²) in [5.41, 5.74) is 1.98. The molecule has 7 nitrogen and oxygen atoms in total. The number of nitrogens with zero attached hydrogens (tertiary/aromatic N) is 3. The number of halogens is 3. The Balaban J connectivity index is 1.46. The number of alkyl halides is 3. The van der Waals surface area contributed by atoms with Crippen molar-refractivity contribution in [2.75, 3.05) is 6.54 Å². The zero-order valence-corrected chi connectivity index (χ0v) is 19.4. The first kappa shape index (κ1) is 24.6. The summed E-state index contributed by atoms with van der Waals surface area (Å²) in [6, 6.07) is 11.8. The number of carboxylic acids is 1. The summed E-state index contributed by atoms with van der Waals surface area (Å²) in [6.45, 7) is 3.45. The minimum atomic E-state index is -4.63. The number of amides is 1. The molecule has 0 saturated heterocycles. The summed E-state index contributed by atoms with van der Waals surface area (Å²) in [4.78, 5) is 29.2. The number of benzene rings is 2. The van der Waals surface area contributed by atoms with Crippen LogP contribution in [0.4, 0.5) is 13.2 Å². The molecule has 0 aliphatic carbocycles. The van der Waals surface area contributed by atoms with Gasteiger partial charge in [0.1, 0.15) is 17.9 Å². The van der Waals surface area contributed by atoms with Gasteiger partial charge in [0.25, 0.3) is 0 Å². The highest BCUT2D eigenvalue weighted by Gasteiger charge is 2.37. The van der Waals surface area contributed by atoms with Crippen molar-refractivity contribution in [1.82, 2.24) is 14.5 Å². The van der Waals surface area contributed by atoms with E-state index in [0.29, 0.717) is 11.9 Å². The fraction of sp³-hybridized carbons (Fsp3) is 0.400. The quantitative estimate of drug-likeness (QED) is 0.498. The van der Waals surface area contributed by atoms with Gasteiger partial charge in [-0.05, 0) is 49.6 Å². The van der Waals surface area contributed by atoms with Crippen LogP contribution in [0.25, 0.3) is 11.0 Å². The minimum absolute atomic E-state index is 0.0761. The molecule has 1 amide bonds. The van der Waals surface area contributed by atoms with Gasteiger partial charge in [0.05, 0.1) is 11.0 Å². The second-order valence-electron chi connectivity index (χ2n) is 9.30. The van der Waals surface area contributed by atoms with E-state index < -0.39 is 30.4 Å². The number of carbonyl (C=O) groups is 2. The molecule has 4 rings (SSSR count). The van der Waals surface area contributed by atoms with E-state index in [-0.39, 0.29) is 37.0 Å². The van der Waals surface area contributed by atoms with Gasteiger partial charge in [-0.1, -0.05) is 24.3 Å².